The molecule has 0 fully saturated rings. The number of hydrogen-bond donors (Lipinski definition) is 1. The van der Waals surface area contributed by atoms with Crippen molar-refractivity contribution in [3.8, 4) is 0 Å². The Balaban J connectivity index is 2.73. The lowest BCUT2D eigenvalue weighted by Gasteiger charge is -2.12. The molecule has 1 aromatic rings. The van der Waals surface area contributed by atoms with Crippen LogP contribution in [0.25, 0.3) is 0 Å². The Morgan fingerprint density at radius 3 is 2.59 bits per heavy atom. The van der Waals surface area contributed by atoms with Gasteiger partial charge in [0.2, 0.25) is 11.6 Å². The van der Waals surface area contributed by atoms with Crippen LogP contribution in [0.5, 0.6) is 0 Å². The Morgan fingerprint density at radius 1 is 1.41 bits per heavy atom. The van der Waals surface area contributed by atoms with E-state index in [0.29, 0.717) is 0 Å². The van der Waals surface area contributed by atoms with E-state index in [4.69, 9.17) is 9.84 Å². The van der Waals surface area contributed by atoms with E-state index in [1.165, 1.54) is 24.9 Å². The zero-order chi connectivity index (χ0) is 12.7. The molecule has 17 heavy (non-hydrogen) atoms. The fourth-order valence-corrected chi connectivity index (χ4v) is 1.84. The van der Waals surface area contributed by atoms with Crippen molar-refractivity contribution < 1.29 is 24.2 Å². The Kier molecular flexibility index (Phi) is 2.35. The van der Waals surface area contributed by atoms with Crippen molar-refractivity contribution in [2.24, 2.45) is 7.05 Å². The number of hydrogen-bond acceptors (Lipinski definition) is 4. The zero-order valence-electron chi connectivity index (χ0n) is 9.18. The maximum atomic E-state index is 11.9. The molecule has 0 amide bonds. The fraction of sp³-hybridized carbons (Fsp3) is 0.182. The quantitative estimate of drug-likeness (QED) is 0.812. The number of ketones is 2. The highest BCUT2D eigenvalue weighted by molar-refractivity contribution is 6.26. The van der Waals surface area contributed by atoms with Crippen molar-refractivity contribution >= 4 is 17.5 Å². The third kappa shape index (κ3) is 1.45. The molecule has 0 saturated heterocycles. The molecule has 0 aromatic carbocycles. The Labute approximate surface area is 96.1 Å². The predicted octanol–water partition coefficient (Wildman–Crippen LogP) is 0.633. The Hall–Kier alpha value is -2.37. The highest BCUT2D eigenvalue weighted by atomic mass is 16.5. The third-order valence-corrected chi connectivity index (χ3v) is 2.58. The first kappa shape index (κ1) is 11.1. The number of methoxy groups -OCH3 is 1. The second kappa shape index (κ2) is 3.58. The minimum atomic E-state index is -1.25. The van der Waals surface area contributed by atoms with Crippen molar-refractivity contribution in [1.82, 2.24) is 4.57 Å². The SMILES string of the molecule is COC1=CC(=O)c2c(c(C(=O)O)cn2C)C1=O. The summed E-state index contributed by atoms with van der Waals surface area (Å²) in [5.74, 6) is -2.41. The number of fused-ring (bicyclic) bond motifs is 1. The summed E-state index contributed by atoms with van der Waals surface area (Å²) in [7, 11) is 2.77. The molecule has 0 saturated carbocycles. The van der Waals surface area contributed by atoms with Crippen molar-refractivity contribution in [3.63, 3.8) is 0 Å². The van der Waals surface area contributed by atoms with Crippen molar-refractivity contribution in [1.29, 1.82) is 0 Å². The summed E-state index contributed by atoms with van der Waals surface area (Å²) in [6.45, 7) is 0. The van der Waals surface area contributed by atoms with E-state index in [2.05, 4.69) is 0 Å². The molecule has 0 spiro atoms. The number of aryl methyl sites for hydroxylation is 1. The molecule has 6 heteroatoms. The maximum absolute atomic E-state index is 11.9. The zero-order valence-corrected chi connectivity index (χ0v) is 9.18. The van der Waals surface area contributed by atoms with Crippen LogP contribution in [0.15, 0.2) is 18.0 Å². The number of aromatic nitrogens is 1. The van der Waals surface area contributed by atoms with Crippen molar-refractivity contribution in [3.05, 3.63) is 34.9 Å². The van der Waals surface area contributed by atoms with Crippen molar-refractivity contribution in [2.75, 3.05) is 7.11 Å². The Bertz CT molecular complexity index is 579. The van der Waals surface area contributed by atoms with E-state index in [1.54, 1.807) is 0 Å². The molecule has 88 valence electrons. The summed E-state index contributed by atoms with van der Waals surface area (Å²) in [5, 5.41) is 8.98. The molecule has 1 aliphatic carbocycles. The first-order valence-corrected chi connectivity index (χ1v) is 4.74. The normalized spacial score (nSPS) is 14.4. The largest absolute Gasteiger partial charge is 0.492 e. The minimum Gasteiger partial charge on any atom is -0.492 e. The molecule has 0 aliphatic heterocycles. The van der Waals surface area contributed by atoms with Crippen LogP contribution < -0.4 is 0 Å². The molecule has 2 rings (SSSR count). The molecule has 6 nitrogen and oxygen atoms in total. The Morgan fingerprint density at radius 2 is 2.06 bits per heavy atom. The summed E-state index contributed by atoms with van der Waals surface area (Å²) >= 11 is 0. The van der Waals surface area contributed by atoms with Gasteiger partial charge >= 0.3 is 5.97 Å². The van der Waals surface area contributed by atoms with Crippen LogP contribution in [-0.2, 0) is 11.8 Å². The molecule has 0 atom stereocenters. The van der Waals surface area contributed by atoms with E-state index in [9.17, 15) is 14.4 Å². The number of allylic oxidation sites excluding steroid dienone is 2. The van der Waals surface area contributed by atoms with Gasteiger partial charge in [0.1, 0.15) is 5.69 Å². The number of Topliss-reactive ketones (excluding diaryl/α,β-unsaturated/α-hetero) is 1. The molecular weight excluding hydrogens is 226 g/mol. The molecule has 1 aromatic heterocycles. The number of carboxylic acid groups (broad SMARTS) is 1. The number of carbonyl (C=O) groups excluding carboxylic acids is 2. The van der Waals surface area contributed by atoms with Gasteiger partial charge in [-0.05, 0) is 0 Å². The van der Waals surface area contributed by atoms with E-state index in [1.807, 2.05) is 0 Å². The number of rotatable bonds is 2. The molecular formula is C11H9NO5. The molecule has 1 N–H and O–H groups in total. The molecule has 1 heterocycles. The third-order valence-electron chi connectivity index (χ3n) is 2.58. The van der Waals surface area contributed by atoms with Gasteiger partial charge in [0.05, 0.1) is 18.2 Å². The summed E-state index contributed by atoms with van der Waals surface area (Å²) in [4.78, 5) is 34.6. The summed E-state index contributed by atoms with van der Waals surface area (Å²) in [5.41, 5.74) is -0.221. The van der Waals surface area contributed by atoms with Gasteiger partial charge in [-0.15, -0.1) is 0 Å². The topological polar surface area (TPSA) is 85.6 Å². The summed E-state index contributed by atoms with van der Waals surface area (Å²) in [6, 6.07) is 0. The lowest BCUT2D eigenvalue weighted by atomic mass is 9.97. The molecule has 0 unspecified atom stereocenters. The second-order valence-electron chi connectivity index (χ2n) is 3.59. The number of aromatic carboxylic acids is 1. The van der Waals surface area contributed by atoms with Gasteiger partial charge in [-0.25, -0.2) is 4.79 Å². The van der Waals surface area contributed by atoms with Gasteiger partial charge < -0.3 is 14.4 Å². The van der Waals surface area contributed by atoms with Crippen LogP contribution in [-0.4, -0.2) is 34.3 Å². The van der Waals surface area contributed by atoms with Gasteiger partial charge in [-0.1, -0.05) is 0 Å². The van der Waals surface area contributed by atoms with Gasteiger partial charge in [0.15, 0.2) is 5.76 Å². The molecule has 1 aliphatic rings. The standard InChI is InChI=1S/C11H9NO5/c1-12-4-5(11(15)16)8-9(12)6(13)3-7(17-2)10(8)14/h3-4H,1-2H3,(H,15,16). The number of carbonyl (C=O) groups is 3. The highest BCUT2D eigenvalue weighted by Gasteiger charge is 2.34. The number of carboxylic acids is 1. The first-order chi connectivity index (χ1) is 7.97. The van der Waals surface area contributed by atoms with Crippen LogP contribution in [0.3, 0.4) is 0 Å². The average molecular weight is 235 g/mol. The van der Waals surface area contributed by atoms with E-state index >= 15 is 0 Å². The van der Waals surface area contributed by atoms with E-state index in [-0.39, 0.29) is 22.6 Å². The lowest BCUT2D eigenvalue weighted by Crippen LogP contribution is -2.20. The maximum Gasteiger partial charge on any atom is 0.338 e. The van der Waals surface area contributed by atoms with Crippen LogP contribution in [0, 0.1) is 0 Å². The average Bonchev–Trinajstić information content (AvgIpc) is 2.62. The van der Waals surface area contributed by atoms with Crippen LogP contribution in [0.1, 0.15) is 31.2 Å². The van der Waals surface area contributed by atoms with Crippen LogP contribution in [0.2, 0.25) is 0 Å². The first-order valence-electron chi connectivity index (χ1n) is 4.74. The monoisotopic (exact) mass is 235 g/mol. The predicted molar refractivity (Wildman–Crippen MR) is 56.1 cm³/mol. The van der Waals surface area contributed by atoms with Crippen LogP contribution in [0.4, 0.5) is 0 Å². The summed E-state index contributed by atoms with van der Waals surface area (Å²) in [6.07, 6.45) is 2.31. The van der Waals surface area contributed by atoms with Crippen LogP contribution >= 0.6 is 0 Å². The second-order valence-corrected chi connectivity index (χ2v) is 3.59. The molecule has 0 bridgehead atoms. The molecule has 0 radical (unpaired) electrons. The van der Waals surface area contributed by atoms with Gasteiger partial charge in [-0.3, -0.25) is 9.59 Å². The smallest absolute Gasteiger partial charge is 0.338 e. The van der Waals surface area contributed by atoms with E-state index < -0.39 is 17.5 Å². The van der Waals surface area contributed by atoms with E-state index in [0.717, 1.165) is 6.08 Å². The van der Waals surface area contributed by atoms with Crippen molar-refractivity contribution in [2.45, 2.75) is 0 Å². The van der Waals surface area contributed by atoms with Gasteiger partial charge in [0, 0.05) is 19.3 Å². The summed E-state index contributed by atoms with van der Waals surface area (Å²) < 4.78 is 6.10. The van der Waals surface area contributed by atoms with Gasteiger partial charge in [-0.2, -0.15) is 0 Å². The fourth-order valence-electron chi connectivity index (χ4n) is 1.84. The number of ether oxygens (including phenoxy) is 1. The van der Waals surface area contributed by atoms with Gasteiger partial charge in [0.25, 0.3) is 0 Å². The highest BCUT2D eigenvalue weighted by Crippen LogP contribution is 2.26. The minimum absolute atomic E-state index is 0.0770. The lowest BCUT2D eigenvalue weighted by molar-refractivity contribution is 0.0691. The number of nitrogens with zero attached hydrogens (tertiary/aromatic N) is 1.